The number of aryl methyl sites for hydroxylation is 2. The monoisotopic (exact) mass is 521 g/mol. The van der Waals surface area contributed by atoms with Gasteiger partial charge >= 0.3 is 0 Å². The quantitative estimate of drug-likeness (QED) is 0.363. The van der Waals surface area contributed by atoms with Gasteiger partial charge in [-0.05, 0) is 58.7 Å². The van der Waals surface area contributed by atoms with E-state index in [0.29, 0.717) is 0 Å². The second-order valence-electron chi connectivity index (χ2n) is 10.0. The summed E-state index contributed by atoms with van der Waals surface area (Å²) in [5.74, 6) is 0.702. The number of piperazine rings is 1. The first-order chi connectivity index (χ1) is 19.0. The number of tetrazole rings is 1. The molecule has 4 aromatic rings. The fourth-order valence-electron chi connectivity index (χ4n) is 5.24. The van der Waals surface area contributed by atoms with E-state index in [2.05, 4.69) is 111 Å². The number of hydrogen-bond acceptors (Lipinski definition) is 6. The van der Waals surface area contributed by atoms with Crippen molar-refractivity contribution >= 4 is 17.7 Å². The maximum atomic E-state index is 11.6. The Balaban J connectivity index is 1.40. The number of amides is 1. The summed E-state index contributed by atoms with van der Waals surface area (Å²) in [5.41, 5.74) is 6.34. The molecule has 1 saturated heterocycles. The first-order valence-corrected chi connectivity index (χ1v) is 13.4. The van der Waals surface area contributed by atoms with Crippen LogP contribution >= 0.6 is 0 Å². The Morgan fingerprint density at radius 2 is 1.62 bits per heavy atom. The first kappa shape index (κ1) is 26.5. The summed E-state index contributed by atoms with van der Waals surface area (Å²) in [5, 5.41) is 16.0. The lowest BCUT2D eigenvalue weighted by atomic mass is 10.0. The van der Waals surface area contributed by atoms with Crippen molar-refractivity contribution in [2.24, 2.45) is 0 Å². The Hall–Kier alpha value is -4.14. The lowest BCUT2D eigenvalue weighted by Crippen LogP contribution is -2.48. The topological polar surface area (TPSA) is 79.2 Å². The van der Waals surface area contributed by atoms with E-state index in [0.717, 1.165) is 66.6 Å². The highest BCUT2D eigenvalue weighted by Gasteiger charge is 2.31. The van der Waals surface area contributed by atoms with Gasteiger partial charge in [0.25, 0.3) is 0 Å². The second-order valence-corrected chi connectivity index (χ2v) is 10.0. The Bertz CT molecular complexity index is 1400. The molecule has 8 heteroatoms. The van der Waals surface area contributed by atoms with Gasteiger partial charge in [0.1, 0.15) is 0 Å². The van der Waals surface area contributed by atoms with E-state index in [4.69, 9.17) is 0 Å². The van der Waals surface area contributed by atoms with Gasteiger partial charge in [0.2, 0.25) is 5.91 Å². The van der Waals surface area contributed by atoms with Gasteiger partial charge in [-0.3, -0.25) is 14.6 Å². The van der Waals surface area contributed by atoms with Crippen molar-refractivity contribution in [3.63, 3.8) is 0 Å². The fraction of sp³-hybridized carbons (Fsp3) is 0.290. The average molecular weight is 522 g/mol. The van der Waals surface area contributed by atoms with Crippen LogP contribution in [0, 0.1) is 13.8 Å². The highest BCUT2D eigenvalue weighted by atomic mass is 16.1. The fourth-order valence-corrected chi connectivity index (χ4v) is 5.24. The smallest absolute Gasteiger partial charge is 0.221 e. The summed E-state index contributed by atoms with van der Waals surface area (Å²) in [4.78, 5) is 16.5. The summed E-state index contributed by atoms with van der Waals surface area (Å²) < 4.78 is 1.89. The molecular weight excluding hydrogens is 486 g/mol. The lowest BCUT2D eigenvalue weighted by Gasteiger charge is -2.38. The highest BCUT2D eigenvalue weighted by Crippen LogP contribution is 2.31. The molecule has 0 spiro atoms. The van der Waals surface area contributed by atoms with E-state index in [1.807, 2.05) is 22.9 Å². The van der Waals surface area contributed by atoms with Crippen molar-refractivity contribution in [3.8, 4) is 5.69 Å². The van der Waals surface area contributed by atoms with Crippen LogP contribution in [0.5, 0.6) is 0 Å². The molecule has 0 radical (unpaired) electrons. The van der Waals surface area contributed by atoms with Crippen molar-refractivity contribution in [2.45, 2.75) is 26.8 Å². The number of para-hydroxylation sites is 1. The molecule has 1 amide bonds. The minimum Gasteiger partial charge on any atom is -0.326 e. The van der Waals surface area contributed by atoms with Crippen LogP contribution in [0.1, 0.15) is 41.0 Å². The number of carbonyl (C=O) groups is 1. The van der Waals surface area contributed by atoms with E-state index in [-0.39, 0.29) is 11.9 Å². The maximum absolute atomic E-state index is 11.6. The van der Waals surface area contributed by atoms with Crippen molar-refractivity contribution in [2.75, 3.05) is 38.0 Å². The number of carbonyl (C=O) groups excluding carboxylic acids is 1. The van der Waals surface area contributed by atoms with Gasteiger partial charge in [-0.2, -0.15) is 4.68 Å². The molecular formula is C31H35N7O. The second kappa shape index (κ2) is 12.1. The molecule has 1 aliphatic heterocycles. The van der Waals surface area contributed by atoms with Crippen LogP contribution < -0.4 is 5.32 Å². The van der Waals surface area contributed by atoms with Crippen LogP contribution in [0.2, 0.25) is 0 Å². The Morgan fingerprint density at radius 1 is 0.923 bits per heavy atom. The molecule has 1 aliphatic rings. The number of nitrogens with zero attached hydrogens (tertiary/aromatic N) is 6. The predicted octanol–water partition coefficient (Wildman–Crippen LogP) is 4.66. The molecule has 2 heterocycles. The molecule has 1 aromatic heterocycles. The molecule has 0 saturated carbocycles. The zero-order valence-electron chi connectivity index (χ0n) is 22.8. The number of aromatic nitrogens is 4. The summed E-state index contributed by atoms with van der Waals surface area (Å²) in [6, 6.07) is 24.5. The van der Waals surface area contributed by atoms with Gasteiger partial charge in [0.05, 0.1) is 11.7 Å². The number of nitrogens with one attached hydrogen (secondary N) is 1. The van der Waals surface area contributed by atoms with Crippen LogP contribution in [0.3, 0.4) is 0 Å². The third-order valence-corrected chi connectivity index (χ3v) is 7.18. The van der Waals surface area contributed by atoms with Gasteiger partial charge in [-0.25, -0.2) is 0 Å². The maximum Gasteiger partial charge on any atom is 0.221 e. The van der Waals surface area contributed by atoms with Crippen molar-refractivity contribution in [3.05, 3.63) is 107 Å². The van der Waals surface area contributed by atoms with Gasteiger partial charge < -0.3 is 5.32 Å². The molecule has 1 N–H and O–H groups in total. The first-order valence-electron chi connectivity index (χ1n) is 13.4. The summed E-state index contributed by atoms with van der Waals surface area (Å²) in [6.45, 7) is 10.3. The molecule has 1 unspecified atom stereocenters. The standard InChI is InChI=1S/C31H35N7O/c1-23-9-7-10-24(2)29(23)38-31(33-34-35-38)30(27-14-16-28(17-15-27)32-25(3)39)37-21-19-36(20-22-37)18-8-13-26-11-5-4-6-12-26/h4-17,30H,18-22H2,1-3H3,(H,32,39)/b13-8+. The molecule has 39 heavy (non-hydrogen) atoms. The van der Waals surface area contributed by atoms with Crippen LogP contribution in [0.25, 0.3) is 11.8 Å². The minimum absolute atomic E-state index is 0.0873. The van der Waals surface area contributed by atoms with Gasteiger partial charge in [-0.1, -0.05) is 72.8 Å². The lowest BCUT2D eigenvalue weighted by molar-refractivity contribution is -0.114. The van der Waals surface area contributed by atoms with E-state index in [1.165, 1.54) is 12.5 Å². The molecule has 1 atom stereocenters. The van der Waals surface area contributed by atoms with Crippen LogP contribution in [0.15, 0.2) is 78.9 Å². The van der Waals surface area contributed by atoms with Gasteiger partial charge in [-0.15, -0.1) is 5.10 Å². The van der Waals surface area contributed by atoms with Crippen LogP contribution in [-0.2, 0) is 4.79 Å². The van der Waals surface area contributed by atoms with Crippen molar-refractivity contribution < 1.29 is 4.79 Å². The van der Waals surface area contributed by atoms with Gasteiger partial charge in [0.15, 0.2) is 5.82 Å². The zero-order chi connectivity index (χ0) is 27.2. The highest BCUT2D eigenvalue weighted by molar-refractivity contribution is 5.88. The molecule has 0 bridgehead atoms. The molecule has 5 rings (SSSR count). The minimum atomic E-state index is -0.132. The van der Waals surface area contributed by atoms with E-state index < -0.39 is 0 Å². The Labute approximate surface area is 230 Å². The third-order valence-electron chi connectivity index (χ3n) is 7.18. The molecule has 8 nitrogen and oxygen atoms in total. The van der Waals surface area contributed by atoms with E-state index in [9.17, 15) is 4.79 Å². The normalized spacial score (nSPS) is 15.5. The third kappa shape index (κ3) is 6.30. The van der Waals surface area contributed by atoms with Gasteiger partial charge in [0, 0.05) is 45.3 Å². The van der Waals surface area contributed by atoms with Crippen molar-refractivity contribution in [1.29, 1.82) is 0 Å². The number of anilines is 1. The summed E-state index contributed by atoms with van der Waals surface area (Å²) in [6.07, 6.45) is 4.43. The van der Waals surface area contributed by atoms with E-state index >= 15 is 0 Å². The Kier molecular flexibility index (Phi) is 8.24. The van der Waals surface area contributed by atoms with Crippen molar-refractivity contribution in [1.82, 2.24) is 30.0 Å². The molecule has 200 valence electrons. The van der Waals surface area contributed by atoms with E-state index in [1.54, 1.807) is 0 Å². The number of benzene rings is 3. The summed E-state index contributed by atoms with van der Waals surface area (Å²) >= 11 is 0. The van der Waals surface area contributed by atoms with Crippen LogP contribution in [0.4, 0.5) is 5.69 Å². The molecule has 3 aromatic carbocycles. The SMILES string of the molecule is CC(=O)Nc1ccc(C(c2nnnn2-c2c(C)cccc2C)N2CCN(C/C=C/c3ccccc3)CC2)cc1. The Morgan fingerprint density at radius 3 is 2.28 bits per heavy atom. The zero-order valence-corrected chi connectivity index (χ0v) is 22.8. The number of rotatable bonds is 8. The van der Waals surface area contributed by atoms with Crippen LogP contribution in [-0.4, -0.2) is 68.6 Å². The molecule has 0 aliphatic carbocycles. The average Bonchev–Trinajstić information content (AvgIpc) is 3.40. The largest absolute Gasteiger partial charge is 0.326 e. The number of hydrogen-bond donors (Lipinski definition) is 1. The summed E-state index contributed by atoms with van der Waals surface area (Å²) in [7, 11) is 0. The predicted molar refractivity (Wildman–Crippen MR) is 155 cm³/mol. The molecule has 1 fully saturated rings.